The first kappa shape index (κ1) is 21.5. The van der Waals surface area contributed by atoms with Crippen molar-refractivity contribution < 1.29 is 35.9 Å². The number of imide groups is 1. The van der Waals surface area contributed by atoms with E-state index in [-0.39, 0.29) is 50.2 Å². The van der Waals surface area contributed by atoms with Gasteiger partial charge in [0, 0.05) is 38.2 Å². The second-order valence-corrected chi connectivity index (χ2v) is 8.96. The van der Waals surface area contributed by atoms with Gasteiger partial charge < -0.3 is 4.74 Å². The molecule has 0 radical (unpaired) electrons. The lowest BCUT2D eigenvalue weighted by molar-refractivity contribution is -0.147. The van der Waals surface area contributed by atoms with Crippen LogP contribution in [-0.4, -0.2) is 65.9 Å². The molecule has 2 fully saturated rings. The summed E-state index contributed by atoms with van der Waals surface area (Å²) in [7, 11) is -3.76. The van der Waals surface area contributed by atoms with E-state index in [1.165, 1.54) is 0 Å². The Morgan fingerprint density at radius 3 is 2.55 bits per heavy atom. The van der Waals surface area contributed by atoms with Crippen molar-refractivity contribution in [2.45, 2.75) is 38.0 Å². The van der Waals surface area contributed by atoms with Gasteiger partial charge >= 0.3 is 6.18 Å². The van der Waals surface area contributed by atoms with Crippen molar-refractivity contribution in [1.29, 1.82) is 0 Å². The number of sulfonamides is 1. The Bertz CT molecular complexity index is 875. The minimum Gasteiger partial charge on any atom is -0.473 e. The van der Waals surface area contributed by atoms with E-state index in [0.717, 1.165) is 27.5 Å². The molecule has 0 aromatic carbocycles. The predicted molar refractivity (Wildman–Crippen MR) is 94.2 cm³/mol. The Morgan fingerprint density at radius 1 is 1.21 bits per heavy atom. The highest BCUT2D eigenvalue weighted by atomic mass is 32.2. The number of carbonyl (C=O) groups excluding carboxylic acids is 2. The molecule has 0 aliphatic carbocycles. The van der Waals surface area contributed by atoms with Crippen LogP contribution in [0.5, 0.6) is 5.88 Å². The maximum Gasteiger partial charge on any atom is 0.416 e. The average molecular weight is 435 g/mol. The second kappa shape index (κ2) is 8.27. The number of pyridine rings is 1. The first-order valence-corrected chi connectivity index (χ1v) is 10.7. The lowest BCUT2D eigenvalue weighted by Crippen LogP contribution is -2.44. The molecule has 2 aliphatic heterocycles. The van der Waals surface area contributed by atoms with Crippen LogP contribution in [0, 0.1) is 0 Å². The van der Waals surface area contributed by atoms with Gasteiger partial charge in [-0.2, -0.15) is 17.5 Å². The van der Waals surface area contributed by atoms with E-state index in [1.807, 2.05) is 0 Å². The van der Waals surface area contributed by atoms with Crippen molar-refractivity contribution in [2.75, 3.05) is 25.4 Å². The summed E-state index contributed by atoms with van der Waals surface area (Å²) in [5, 5.41) is 0. The molecule has 2 saturated heterocycles. The molecule has 29 heavy (non-hydrogen) atoms. The fourth-order valence-corrected chi connectivity index (χ4v) is 4.70. The zero-order valence-electron chi connectivity index (χ0n) is 15.4. The Morgan fingerprint density at radius 2 is 1.90 bits per heavy atom. The number of alkyl halides is 3. The Kier molecular flexibility index (Phi) is 6.13. The van der Waals surface area contributed by atoms with E-state index in [9.17, 15) is 31.2 Å². The van der Waals surface area contributed by atoms with Gasteiger partial charge in [0.2, 0.25) is 27.7 Å². The molecular weight excluding hydrogens is 415 g/mol. The largest absolute Gasteiger partial charge is 0.473 e. The molecule has 0 N–H and O–H groups in total. The molecule has 8 nitrogen and oxygen atoms in total. The third kappa shape index (κ3) is 5.24. The number of hydrogen-bond donors (Lipinski definition) is 0. The van der Waals surface area contributed by atoms with Crippen LogP contribution in [0.25, 0.3) is 0 Å². The summed E-state index contributed by atoms with van der Waals surface area (Å²) in [6, 6.07) is 1.59. The van der Waals surface area contributed by atoms with E-state index in [0.29, 0.717) is 12.8 Å². The molecule has 2 amide bonds. The lowest BCUT2D eigenvalue weighted by atomic mass is 10.1. The van der Waals surface area contributed by atoms with Crippen LogP contribution in [0.1, 0.15) is 31.2 Å². The number of rotatable bonds is 6. The molecule has 0 saturated carbocycles. The first-order chi connectivity index (χ1) is 13.6. The van der Waals surface area contributed by atoms with Gasteiger partial charge in [-0.15, -0.1) is 0 Å². The fraction of sp³-hybridized carbons (Fsp3) is 0.588. The normalized spacial score (nSPS) is 21.6. The maximum atomic E-state index is 12.8. The molecule has 0 spiro atoms. The molecule has 1 aromatic heterocycles. The summed E-state index contributed by atoms with van der Waals surface area (Å²) in [6.07, 6.45) is -3.00. The second-order valence-electron chi connectivity index (χ2n) is 6.88. The van der Waals surface area contributed by atoms with Crippen molar-refractivity contribution in [3.05, 3.63) is 23.9 Å². The summed E-state index contributed by atoms with van der Waals surface area (Å²) in [5.41, 5.74) is -0.902. The Hall–Kier alpha value is -2.21. The monoisotopic (exact) mass is 435 g/mol. The summed E-state index contributed by atoms with van der Waals surface area (Å²) in [5.74, 6) is -1.39. The third-order valence-electron chi connectivity index (χ3n) is 4.81. The van der Waals surface area contributed by atoms with Gasteiger partial charge in [0.15, 0.2) is 0 Å². The van der Waals surface area contributed by atoms with Gasteiger partial charge in [-0.05, 0) is 18.9 Å². The van der Waals surface area contributed by atoms with Gasteiger partial charge in [0.05, 0.1) is 17.9 Å². The molecular formula is C17H20F3N3O5S. The number of nitrogens with zero attached hydrogens (tertiary/aromatic N) is 3. The quantitative estimate of drug-likeness (QED) is 0.627. The van der Waals surface area contributed by atoms with E-state index in [4.69, 9.17) is 4.74 Å². The van der Waals surface area contributed by atoms with E-state index >= 15 is 0 Å². The van der Waals surface area contributed by atoms with Crippen LogP contribution < -0.4 is 4.74 Å². The van der Waals surface area contributed by atoms with Gasteiger partial charge in [-0.1, -0.05) is 0 Å². The van der Waals surface area contributed by atoms with Crippen molar-refractivity contribution in [3.8, 4) is 5.88 Å². The smallest absolute Gasteiger partial charge is 0.416 e. The van der Waals surface area contributed by atoms with Crippen LogP contribution >= 0.6 is 0 Å². The summed E-state index contributed by atoms with van der Waals surface area (Å²) in [6.45, 7) is -0.118. The van der Waals surface area contributed by atoms with Gasteiger partial charge in [0.1, 0.15) is 6.10 Å². The lowest BCUT2D eigenvalue weighted by Gasteiger charge is -2.25. The van der Waals surface area contributed by atoms with Crippen molar-refractivity contribution in [1.82, 2.24) is 14.2 Å². The Labute approximate surface area is 165 Å². The molecule has 1 aromatic rings. The van der Waals surface area contributed by atoms with Crippen LogP contribution in [0.4, 0.5) is 13.2 Å². The molecule has 12 heteroatoms. The minimum absolute atomic E-state index is 0.0395. The topological polar surface area (TPSA) is 96.9 Å². The fourth-order valence-electron chi connectivity index (χ4n) is 3.25. The maximum absolute atomic E-state index is 12.8. The first-order valence-electron chi connectivity index (χ1n) is 9.07. The van der Waals surface area contributed by atoms with Gasteiger partial charge in [-0.3, -0.25) is 14.5 Å². The average Bonchev–Trinajstić information content (AvgIpc) is 3.10. The predicted octanol–water partition coefficient (Wildman–Crippen LogP) is 1.42. The molecule has 160 valence electrons. The third-order valence-corrected chi connectivity index (χ3v) is 6.62. The van der Waals surface area contributed by atoms with Crippen molar-refractivity contribution in [3.63, 3.8) is 0 Å². The molecule has 0 bridgehead atoms. The number of likely N-dealkylation sites (tertiary alicyclic amines) is 1. The van der Waals surface area contributed by atoms with Gasteiger partial charge in [0.25, 0.3) is 0 Å². The number of carbonyl (C=O) groups is 2. The van der Waals surface area contributed by atoms with Crippen LogP contribution in [-0.2, 0) is 25.8 Å². The highest BCUT2D eigenvalue weighted by molar-refractivity contribution is 7.89. The summed E-state index contributed by atoms with van der Waals surface area (Å²) in [4.78, 5) is 28.3. The standard InChI is InChI=1S/C17H20F3N3O5S/c18-17(19,20)12-4-6-21-14(10-12)28-13-5-7-22(11-13)29(26,27)9-8-23-15(24)2-1-3-16(23)25/h4,6,10,13H,1-3,5,7-9,11H2/t13-/m0/s1. The van der Waals surface area contributed by atoms with Crippen LogP contribution in [0.15, 0.2) is 18.3 Å². The minimum atomic E-state index is -4.53. The molecule has 3 heterocycles. The van der Waals surface area contributed by atoms with E-state index < -0.39 is 33.6 Å². The van der Waals surface area contributed by atoms with E-state index in [1.54, 1.807) is 0 Å². The Balaban J connectivity index is 1.57. The van der Waals surface area contributed by atoms with Gasteiger partial charge in [-0.25, -0.2) is 13.4 Å². The molecule has 3 rings (SSSR count). The summed E-state index contributed by atoms with van der Waals surface area (Å²) < 4.78 is 70.0. The highest BCUT2D eigenvalue weighted by Crippen LogP contribution is 2.31. The number of aromatic nitrogens is 1. The SMILES string of the molecule is O=C1CCCC(=O)N1CCS(=O)(=O)N1CC[C@H](Oc2cc(C(F)(F)F)ccn2)C1. The van der Waals surface area contributed by atoms with Crippen molar-refractivity contribution >= 4 is 21.8 Å². The van der Waals surface area contributed by atoms with Crippen molar-refractivity contribution in [2.24, 2.45) is 0 Å². The molecule has 2 aliphatic rings. The number of ether oxygens (including phenoxy) is 1. The van der Waals surface area contributed by atoms with Crippen LogP contribution in [0.2, 0.25) is 0 Å². The molecule has 0 unspecified atom stereocenters. The number of piperidine rings is 1. The number of hydrogen-bond acceptors (Lipinski definition) is 6. The van der Waals surface area contributed by atoms with Crippen LogP contribution in [0.3, 0.4) is 0 Å². The highest BCUT2D eigenvalue weighted by Gasteiger charge is 2.35. The zero-order chi connectivity index (χ0) is 21.2. The summed E-state index contributed by atoms with van der Waals surface area (Å²) >= 11 is 0. The zero-order valence-corrected chi connectivity index (χ0v) is 16.2. The van der Waals surface area contributed by atoms with E-state index in [2.05, 4.69) is 4.98 Å². The number of amides is 2. The number of halogens is 3. The molecule has 1 atom stereocenters.